The Labute approximate surface area is 409 Å². The monoisotopic (exact) mass is 974 g/mol. The van der Waals surface area contributed by atoms with Gasteiger partial charge < -0.3 is 43.5 Å². The molecule has 0 radical (unpaired) electrons. The van der Waals surface area contributed by atoms with Gasteiger partial charge in [-0.25, -0.2) is 17.6 Å². The molecule has 4 aromatic rings. The molecule has 0 spiro atoms. The Balaban J connectivity index is 0.000000231. The first kappa shape index (κ1) is 53.1. The number of carbonyl (C=O) groups excluding carboxylic acids is 2. The second-order valence-corrected chi connectivity index (χ2v) is 17.9. The topological polar surface area (TPSA) is 111 Å². The van der Waals surface area contributed by atoms with Gasteiger partial charge in [-0.2, -0.15) is 0 Å². The van der Waals surface area contributed by atoms with Gasteiger partial charge in [0.05, 0.1) is 42.7 Å². The number of hydrogen-bond donors (Lipinski definition) is 1. The Morgan fingerprint density at radius 1 is 0.600 bits per heavy atom. The molecular formula is C54H66F4N4O8. The van der Waals surface area contributed by atoms with Crippen molar-refractivity contribution in [3.05, 3.63) is 117 Å². The molecule has 3 aliphatic rings. The molecule has 70 heavy (non-hydrogen) atoms. The summed E-state index contributed by atoms with van der Waals surface area (Å²) in [6.07, 6.45) is 11.1. The third-order valence-corrected chi connectivity index (χ3v) is 13.0. The molecular weight excluding hydrogens is 909 g/mol. The molecule has 12 nitrogen and oxygen atoms in total. The van der Waals surface area contributed by atoms with E-state index in [0.29, 0.717) is 71.3 Å². The first-order chi connectivity index (χ1) is 33.7. The van der Waals surface area contributed by atoms with Crippen LogP contribution in [0.4, 0.5) is 17.6 Å². The van der Waals surface area contributed by atoms with Crippen LogP contribution in [0.15, 0.2) is 71.8 Å². The van der Waals surface area contributed by atoms with E-state index in [9.17, 15) is 27.2 Å². The molecule has 2 aliphatic heterocycles. The highest BCUT2D eigenvalue weighted by Gasteiger charge is 2.36. The second-order valence-electron chi connectivity index (χ2n) is 17.9. The van der Waals surface area contributed by atoms with Crippen molar-refractivity contribution in [3.8, 4) is 34.5 Å². The van der Waals surface area contributed by atoms with Gasteiger partial charge >= 0.3 is 0 Å². The van der Waals surface area contributed by atoms with Gasteiger partial charge in [0.25, 0.3) is 11.8 Å². The number of likely N-dealkylation sites (tertiary alicyclic amines) is 1. The Kier molecular flexibility index (Phi) is 19.0. The van der Waals surface area contributed by atoms with Crippen LogP contribution in [0, 0.1) is 23.3 Å². The number of benzene rings is 4. The van der Waals surface area contributed by atoms with E-state index in [4.69, 9.17) is 28.4 Å². The zero-order chi connectivity index (χ0) is 50.5. The maximum Gasteiger partial charge on any atom is 0.254 e. The molecule has 2 atom stereocenters. The van der Waals surface area contributed by atoms with Gasteiger partial charge in [-0.1, -0.05) is 29.7 Å². The lowest BCUT2D eigenvalue weighted by molar-refractivity contribution is 0.0630. The van der Waals surface area contributed by atoms with E-state index in [2.05, 4.69) is 10.2 Å². The largest absolute Gasteiger partial charge is 0.493 e. The van der Waals surface area contributed by atoms with E-state index < -0.39 is 23.3 Å². The van der Waals surface area contributed by atoms with Crippen LogP contribution in [0.5, 0.6) is 34.5 Å². The van der Waals surface area contributed by atoms with Crippen LogP contribution in [-0.2, 0) is 0 Å². The predicted octanol–water partition coefficient (Wildman–Crippen LogP) is 9.84. The van der Waals surface area contributed by atoms with Crippen molar-refractivity contribution in [1.29, 1.82) is 0 Å². The average Bonchev–Trinajstić information content (AvgIpc) is 4.03. The molecule has 7 rings (SSSR count). The zero-order valence-electron chi connectivity index (χ0n) is 41.5. The van der Waals surface area contributed by atoms with Crippen LogP contribution >= 0.6 is 0 Å². The van der Waals surface area contributed by atoms with Crippen LogP contribution in [0.3, 0.4) is 0 Å². The number of hydrogen-bond acceptors (Lipinski definition) is 10. The third-order valence-electron chi connectivity index (χ3n) is 13.0. The van der Waals surface area contributed by atoms with Crippen molar-refractivity contribution >= 4 is 24.0 Å². The Bertz CT molecular complexity index is 2460. The minimum absolute atomic E-state index is 0.173. The van der Waals surface area contributed by atoms with Crippen LogP contribution in [0.2, 0.25) is 0 Å². The molecule has 1 N–H and O–H groups in total. The van der Waals surface area contributed by atoms with Gasteiger partial charge in [-0.15, -0.1) is 0 Å². The van der Waals surface area contributed by atoms with Crippen molar-refractivity contribution in [2.45, 2.75) is 76.9 Å². The van der Waals surface area contributed by atoms with Crippen LogP contribution in [-0.4, -0.2) is 127 Å². The highest BCUT2D eigenvalue weighted by molar-refractivity contribution is 5.96. The summed E-state index contributed by atoms with van der Waals surface area (Å²) in [4.78, 5) is 33.6. The van der Waals surface area contributed by atoms with Gasteiger partial charge in [0.2, 0.25) is 11.5 Å². The van der Waals surface area contributed by atoms with E-state index in [1.54, 1.807) is 41.3 Å². The summed E-state index contributed by atoms with van der Waals surface area (Å²) >= 11 is 0. The molecule has 0 bridgehead atoms. The summed E-state index contributed by atoms with van der Waals surface area (Å²) in [7, 11) is 9.05. The SMILES string of the molecule is COc1cc(C(=O)N(C/C(C)=C/c2ccc(F)cc2F)C[C@H]2CCCN2)cc(OC)c1OC.COc1cc(C(=O)N(C/C(C)=C/c2ccc(F)cc2F)C[C@H]2CCCN2C2CCC2)cc(OC)c1OC. The van der Waals surface area contributed by atoms with E-state index in [1.807, 2.05) is 18.7 Å². The minimum Gasteiger partial charge on any atom is -0.493 e. The van der Waals surface area contributed by atoms with Gasteiger partial charge in [-0.3, -0.25) is 14.5 Å². The highest BCUT2D eigenvalue weighted by Crippen LogP contribution is 2.40. The quantitative estimate of drug-likeness (QED) is 0.0913. The maximum atomic E-state index is 14.3. The minimum atomic E-state index is -0.644. The summed E-state index contributed by atoms with van der Waals surface area (Å²) in [5.74, 6) is -0.500. The van der Waals surface area contributed by atoms with Crippen molar-refractivity contribution in [3.63, 3.8) is 0 Å². The predicted molar refractivity (Wildman–Crippen MR) is 262 cm³/mol. The lowest BCUT2D eigenvalue weighted by Gasteiger charge is -2.40. The lowest BCUT2D eigenvalue weighted by Crippen LogP contribution is -2.49. The Morgan fingerprint density at radius 3 is 1.43 bits per heavy atom. The van der Waals surface area contributed by atoms with Gasteiger partial charge in [0.15, 0.2) is 23.0 Å². The summed E-state index contributed by atoms with van der Waals surface area (Å²) in [6.45, 7) is 7.28. The van der Waals surface area contributed by atoms with Gasteiger partial charge in [-0.05, 0) is 114 Å². The number of nitrogens with one attached hydrogen (secondary N) is 1. The smallest absolute Gasteiger partial charge is 0.254 e. The normalized spacial score (nSPS) is 17.3. The third kappa shape index (κ3) is 13.3. The number of nitrogens with zero attached hydrogens (tertiary/aromatic N) is 3. The fourth-order valence-corrected chi connectivity index (χ4v) is 9.36. The molecule has 0 unspecified atom stereocenters. The van der Waals surface area contributed by atoms with Crippen molar-refractivity contribution < 1.29 is 55.6 Å². The molecule has 1 aliphatic carbocycles. The molecule has 1 saturated carbocycles. The summed E-state index contributed by atoms with van der Waals surface area (Å²) in [6, 6.07) is 14.6. The molecule has 0 aromatic heterocycles. The van der Waals surface area contributed by atoms with Crippen molar-refractivity contribution in [2.75, 3.05) is 81.9 Å². The van der Waals surface area contributed by atoms with Crippen LogP contribution in [0.25, 0.3) is 12.2 Å². The molecule has 2 amide bonds. The number of carbonyl (C=O) groups is 2. The first-order valence-corrected chi connectivity index (χ1v) is 23.6. The van der Waals surface area contributed by atoms with E-state index in [0.717, 1.165) is 62.1 Å². The lowest BCUT2D eigenvalue weighted by atomic mass is 9.91. The number of amides is 2. The fraction of sp³-hybridized carbons (Fsp3) is 0.444. The van der Waals surface area contributed by atoms with E-state index in [1.165, 1.54) is 86.2 Å². The summed E-state index contributed by atoms with van der Waals surface area (Å²) in [5.41, 5.74) is 2.93. The van der Waals surface area contributed by atoms with E-state index in [-0.39, 0.29) is 41.6 Å². The Hall–Kier alpha value is -6.26. The number of halogens is 4. The first-order valence-electron chi connectivity index (χ1n) is 23.6. The molecule has 378 valence electrons. The standard InChI is InChI=1S/C29H36F2N2O4.C25H30F2N2O4/c1-19(13-20-10-11-22(30)16-25(20)31)17-32(18-24-9-6-12-33(24)23-7-5-8-23)29(34)21-14-26(35-2)28(37-4)27(15-21)36-3;1-16(10-17-7-8-19(26)13-21(17)27)14-29(15-20-6-5-9-28-20)25(30)18-11-22(31-2)24(33-4)23(12-18)32-3/h10-11,13-16,23-24H,5-9,12,17-18H2,1-4H3;7-8,10-13,20,28H,5-6,9,14-15H2,1-4H3/b19-13+;16-10+/t24-;20-/m11/s1. The maximum absolute atomic E-state index is 14.3. The zero-order valence-corrected chi connectivity index (χ0v) is 41.5. The van der Waals surface area contributed by atoms with Gasteiger partial charge in [0.1, 0.15) is 23.3 Å². The molecule has 3 fully saturated rings. The van der Waals surface area contributed by atoms with Crippen LogP contribution in [0.1, 0.15) is 90.6 Å². The summed E-state index contributed by atoms with van der Waals surface area (Å²) in [5, 5.41) is 3.41. The number of ether oxygens (including phenoxy) is 6. The van der Waals surface area contributed by atoms with E-state index >= 15 is 0 Å². The molecule has 16 heteroatoms. The number of rotatable bonds is 19. The molecule has 4 aromatic carbocycles. The van der Waals surface area contributed by atoms with Gasteiger partial charge in [0, 0.05) is 78.7 Å². The summed E-state index contributed by atoms with van der Waals surface area (Å²) < 4.78 is 87.6. The van der Waals surface area contributed by atoms with Crippen molar-refractivity contribution in [2.24, 2.45) is 0 Å². The fourth-order valence-electron chi connectivity index (χ4n) is 9.36. The Morgan fingerprint density at radius 2 is 1.06 bits per heavy atom. The highest BCUT2D eigenvalue weighted by atomic mass is 19.1. The van der Waals surface area contributed by atoms with Crippen LogP contribution < -0.4 is 33.7 Å². The molecule has 2 saturated heterocycles. The number of methoxy groups -OCH3 is 6. The second kappa shape index (κ2) is 25.0. The molecule has 2 heterocycles. The average molecular weight is 975 g/mol. The van der Waals surface area contributed by atoms with Crippen molar-refractivity contribution in [1.82, 2.24) is 20.0 Å².